The summed E-state index contributed by atoms with van der Waals surface area (Å²) >= 11 is 11.8. The molecule has 0 aliphatic rings. The Bertz CT molecular complexity index is 719. The van der Waals surface area contributed by atoms with Gasteiger partial charge in [-0.15, -0.1) is 0 Å². The van der Waals surface area contributed by atoms with Crippen molar-refractivity contribution in [3.8, 4) is 11.5 Å². The number of benzene rings is 2. The summed E-state index contributed by atoms with van der Waals surface area (Å²) in [5.41, 5.74) is 1.35. The number of halogens is 2. The van der Waals surface area contributed by atoms with E-state index < -0.39 is 0 Å². The van der Waals surface area contributed by atoms with Crippen LogP contribution >= 0.6 is 23.2 Å². The van der Waals surface area contributed by atoms with E-state index in [-0.39, 0.29) is 11.9 Å². The third kappa shape index (κ3) is 4.09. The Morgan fingerprint density at radius 3 is 2.30 bits per heavy atom. The van der Waals surface area contributed by atoms with Gasteiger partial charge in [-0.2, -0.15) is 0 Å². The molecule has 0 heterocycles. The van der Waals surface area contributed by atoms with E-state index in [2.05, 4.69) is 5.32 Å². The molecule has 1 atom stereocenters. The molecule has 1 unspecified atom stereocenters. The van der Waals surface area contributed by atoms with Crippen molar-refractivity contribution >= 4 is 29.1 Å². The number of hydrogen-bond donors (Lipinski definition) is 1. The fourth-order valence-corrected chi connectivity index (χ4v) is 2.42. The molecular weight excluding hydrogens is 337 g/mol. The van der Waals surface area contributed by atoms with Crippen LogP contribution in [0.2, 0.25) is 10.0 Å². The second-order valence-electron chi connectivity index (χ2n) is 4.94. The minimum atomic E-state index is -0.231. The van der Waals surface area contributed by atoms with E-state index in [4.69, 9.17) is 32.7 Å². The topological polar surface area (TPSA) is 47.6 Å². The number of methoxy groups -OCH3 is 2. The minimum absolute atomic E-state index is 0.211. The number of amides is 1. The van der Waals surface area contributed by atoms with E-state index in [0.29, 0.717) is 27.1 Å². The molecule has 0 fully saturated rings. The average Bonchev–Trinajstić information content (AvgIpc) is 2.56. The maximum absolute atomic E-state index is 12.3. The first-order chi connectivity index (χ1) is 11.0. The molecular formula is C17H17Cl2NO3. The van der Waals surface area contributed by atoms with Gasteiger partial charge in [0.2, 0.25) is 0 Å². The molecule has 4 nitrogen and oxygen atoms in total. The van der Waals surface area contributed by atoms with Gasteiger partial charge in [-0.1, -0.05) is 29.3 Å². The van der Waals surface area contributed by atoms with E-state index in [1.54, 1.807) is 38.5 Å². The van der Waals surface area contributed by atoms with E-state index in [9.17, 15) is 4.79 Å². The second-order valence-corrected chi connectivity index (χ2v) is 5.75. The van der Waals surface area contributed by atoms with E-state index in [1.807, 2.05) is 19.1 Å². The molecule has 0 aliphatic heterocycles. The van der Waals surface area contributed by atoms with Crippen LogP contribution in [-0.4, -0.2) is 20.1 Å². The molecule has 6 heteroatoms. The molecule has 2 aromatic rings. The quantitative estimate of drug-likeness (QED) is 0.860. The molecule has 1 amide bonds. The Balaban J connectivity index is 2.16. The lowest BCUT2D eigenvalue weighted by molar-refractivity contribution is 0.0940. The number of hydrogen-bond acceptors (Lipinski definition) is 3. The van der Waals surface area contributed by atoms with E-state index in [0.717, 1.165) is 5.56 Å². The summed E-state index contributed by atoms with van der Waals surface area (Å²) in [6.45, 7) is 1.89. The van der Waals surface area contributed by atoms with Crippen LogP contribution in [-0.2, 0) is 0 Å². The Morgan fingerprint density at radius 2 is 1.70 bits per heavy atom. The van der Waals surface area contributed by atoms with Crippen LogP contribution in [0.25, 0.3) is 0 Å². The molecule has 0 saturated carbocycles. The predicted octanol–water partition coefficient (Wildman–Crippen LogP) is 4.50. The van der Waals surface area contributed by atoms with Gasteiger partial charge >= 0.3 is 0 Å². The Kier molecular flexibility index (Phi) is 5.74. The summed E-state index contributed by atoms with van der Waals surface area (Å²) in [7, 11) is 3.15. The SMILES string of the molecule is COc1ccc(C(C)NC(=O)c2ccc(Cl)c(Cl)c2)cc1OC. The zero-order valence-corrected chi connectivity index (χ0v) is 14.5. The summed E-state index contributed by atoms with van der Waals surface area (Å²) < 4.78 is 10.5. The number of carbonyl (C=O) groups is 1. The minimum Gasteiger partial charge on any atom is -0.493 e. The highest BCUT2D eigenvalue weighted by atomic mass is 35.5. The monoisotopic (exact) mass is 353 g/mol. The molecule has 23 heavy (non-hydrogen) atoms. The van der Waals surface area contributed by atoms with Gasteiger partial charge in [-0.25, -0.2) is 0 Å². The largest absolute Gasteiger partial charge is 0.493 e. The van der Waals surface area contributed by atoms with Crippen LogP contribution in [0.4, 0.5) is 0 Å². The number of nitrogens with one attached hydrogen (secondary N) is 1. The van der Waals surface area contributed by atoms with Crippen molar-refractivity contribution in [1.29, 1.82) is 0 Å². The normalized spacial score (nSPS) is 11.7. The number of ether oxygens (including phenoxy) is 2. The number of rotatable bonds is 5. The molecule has 1 N–H and O–H groups in total. The van der Waals surface area contributed by atoms with Crippen molar-refractivity contribution in [2.45, 2.75) is 13.0 Å². The van der Waals surface area contributed by atoms with Crippen molar-refractivity contribution in [3.05, 3.63) is 57.6 Å². The van der Waals surface area contributed by atoms with Crippen molar-refractivity contribution in [2.24, 2.45) is 0 Å². The van der Waals surface area contributed by atoms with Crippen LogP contribution in [0.1, 0.15) is 28.9 Å². The van der Waals surface area contributed by atoms with E-state index >= 15 is 0 Å². The third-order valence-corrected chi connectivity index (χ3v) is 4.18. The Hall–Kier alpha value is -1.91. The zero-order valence-electron chi connectivity index (χ0n) is 13.0. The highest BCUT2D eigenvalue weighted by Gasteiger charge is 2.14. The first kappa shape index (κ1) is 17.4. The molecule has 0 radical (unpaired) electrons. The highest BCUT2D eigenvalue weighted by molar-refractivity contribution is 6.42. The molecule has 2 rings (SSSR count). The fourth-order valence-electron chi connectivity index (χ4n) is 2.12. The van der Waals surface area contributed by atoms with Crippen molar-refractivity contribution < 1.29 is 14.3 Å². The van der Waals surface area contributed by atoms with Gasteiger partial charge in [0.25, 0.3) is 5.91 Å². The standard InChI is InChI=1S/C17H17Cl2NO3/c1-10(11-5-7-15(22-2)16(9-11)23-3)20-17(21)12-4-6-13(18)14(19)8-12/h4-10H,1-3H3,(H,20,21). The predicted molar refractivity (Wildman–Crippen MR) is 91.9 cm³/mol. The lowest BCUT2D eigenvalue weighted by Crippen LogP contribution is -2.26. The molecule has 0 spiro atoms. The third-order valence-electron chi connectivity index (χ3n) is 3.44. The van der Waals surface area contributed by atoms with Crippen LogP contribution in [0.15, 0.2) is 36.4 Å². The van der Waals surface area contributed by atoms with Crippen molar-refractivity contribution in [3.63, 3.8) is 0 Å². The fraction of sp³-hybridized carbons (Fsp3) is 0.235. The van der Waals surface area contributed by atoms with E-state index in [1.165, 1.54) is 0 Å². The summed E-state index contributed by atoms with van der Waals surface area (Å²) in [6, 6.07) is 10.1. The van der Waals surface area contributed by atoms with Crippen LogP contribution < -0.4 is 14.8 Å². The Morgan fingerprint density at radius 1 is 1.00 bits per heavy atom. The smallest absolute Gasteiger partial charge is 0.251 e. The zero-order chi connectivity index (χ0) is 17.0. The van der Waals surface area contributed by atoms with Gasteiger partial charge in [-0.05, 0) is 42.8 Å². The van der Waals surface area contributed by atoms with Gasteiger partial charge in [0.15, 0.2) is 11.5 Å². The molecule has 0 aromatic heterocycles. The second kappa shape index (κ2) is 7.57. The summed E-state index contributed by atoms with van der Waals surface area (Å²) in [6.07, 6.45) is 0. The van der Waals surface area contributed by atoms with Crippen LogP contribution in [0.5, 0.6) is 11.5 Å². The maximum Gasteiger partial charge on any atom is 0.251 e. The van der Waals surface area contributed by atoms with Gasteiger partial charge in [0.05, 0.1) is 30.3 Å². The lowest BCUT2D eigenvalue weighted by atomic mass is 10.1. The van der Waals surface area contributed by atoms with Gasteiger partial charge in [0, 0.05) is 5.56 Å². The van der Waals surface area contributed by atoms with Crippen molar-refractivity contribution in [1.82, 2.24) is 5.32 Å². The first-order valence-corrected chi connectivity index (χ1v) is 7.69. The van der Waals surface area contributed by atoms with Gasteiger partial charge < -0.3 is 14.8 Å². The molecule has 122 valence electrons. The van der Waals surface area contributed by atoms with Gasteiger partial charge in [0.1, 0.15) is 0 Å². The summed E-state index contributed by atoms with van der Waals surface area (Å²) in [5, 5.41) is 3.67. The molecule has 0 aliphatic carbocycles. The summed E-state index contributed by atoms with van der Waals surface area (Å²) in [5.74, 6) is 1.02. The Labute approximate surface area is 145 Å². The first-order valence-electron chi connectivity index (χ1n) is 6.94. The van der Waals surface area contributed by atoms with Crippen molar-refractivity contribution in [2.75, 3.05) is 14.2 Å². The molecule has 2 aromatic carbocycles. The molecule has 0 saturated heterocycles. The van der Waals surface area contributed by atoms with Crippen LogP contribution in [0.3, 0.4) is 0 Å². The average molecular weight is 354 g/mol. The summed E-state index contributed by atoms with van der Waals surface area (Å²) in [4.78, 5) is 12.3. The van der Waals surface area contributed by atoms with Crippen LogP contribution in [0, 0.1) is 0 Å². The highest BCUT2D eigenvalue weighted by Crippen LogP contribution is 2.30. The maximum atomic E-state index is 12.3. The van der Waals surface area contributed by atoms with Gasteiger partial charge in [-0.3, -0.25) is 4.79 Å². The molecule has 0 bridgehead atoms. The lowest BCUT2D eigenvalue weighted by Gasteiger charge is -2.16. The number of carbonyl (C=O) groups excluding carboxylic acids is 1.